The molecule has 1 aromatic heterocycles. The van der Waals surface area contributed by atoms with E-state index in [9.17, 15) is 4.79 Å². The Morgan fingerprint density at radius 2 is 2.43 bits per heavy atom. The summed E-state index contributed by atoms with van der Waals surface area (Å²) in [5, 5.41) is 3.20. The fraction of sp³-hybridized carbons (Fsp3) is 0.400. The van der Waals surface area contributed by atoms with E-state index in [1.807, 2.05) is 0 Å². The zero-order chi connectivity index (χ0) is 10.1. The van der Waals surface area contributed by atoms with Crippen molar-refractivity contribution >= 4 is 11.7 Å². The highest BCUT2D eigenvalue weighted by Gasteiger charge is 2.33. The number of carbonyl (C=O) groups excluding carboxylic acids is 1. The molecule has 2 rings (SSSR count). The molecule has 1 aliphatic carbocycles. The molecule has 0 aliphatic heterocycles. The Bertz CT molecular complexity index is 364. The molecule has 14 heavy (non-hydrogen) atoms. The summed E-state index contributed by atoms with van der Waals surface area (Å²) in [6.07, 6.45) is 2.79. The highest BCUT2D eigenvalue weighted by atomic mass is 16.1. The summed E-state index contributed by atoms with van der Waals surface area (Å²) < 4.78 is 0. The predicted octanol–water partition coefficient (Wildman–Crippen LogP) is 1.00. The van der Waals surface area contributed by atoms with Crippen molar-refractivity contribution in [1.82, 2.24) is 4.98 Å². The summed E-state index contributed by atoms with van der Waals surface area (Å²) in [7, 11) is 0. The Morgan fingerprint density at radius 1 is 1.71 bits per heavy atom. The van der Waals surface area contributed by atoms with E-state index in [1.54, 1.807) is 18.3 Å². The summed E-state index contributed by atoms with van der Waals surface area (Å²) in [5.74, 6) is 0.834. The second-order valence-electron chi connectivity index (χ2n) is 3.73. The Kier molecular flexibility index (Phi) is 2.11. The van der Waals surface area contributed by atoms with Crippen molar-refractivity contribution in [3.63, 3.8) is 0 Å². The molecule has 1 aromatic rings. The number of nitrogens with one attached hydrogen (secondary N) is 1. The monoisotopic (exact) mass is 191 g/mol. The molecule has 4 nitrogen and oxygen atoms in total. The predicted molar refractivity (Wildman–Crippen MR) is 53.9 cm³/mol. The Labute approximate surface area is 82.5 Å². The lowest BCUT2D eigenvalue weighted by atomic mass is 10.2. The van der Waals surface area contributed by atoms with E-state index >= 15 is 0 Å². The second-order valence-corrected chi connectivity index (χ2v) is 3.73. The number of carbonyl (C=O) groups is 1. The third kappa shape index (κ3) is 1.69. The first-order valence-corrected chi connectivity index (χ1v) is 4.70. The fourth-order valence-corrected chi connectivity index (χ4v) is 1.42. The van der Waals surface area contributed by atoms with Crippen LogP contribution < -0.4 is 11.1 Å². The average molecular weight is 191 g/mol. The van der Waals surface area contributed by atoms with Crippen molar-refractivity contribution < 1.29 is 4.79 Å². The molecule has 0 aromatic carbocycles. The van der Waals surface area contributed by atoms with E-state index in [4.69, 9.17) is 5.73 Å². The number of nitrogens with zero attached hydrogens (tertiary/aromatic N) is 1. The molecule has 2 atom stereocenters. The van der Waals surface area contributed by atoms with Crippen LogP contribution in [0.25, 0.3) is 0 Å². The number of aromatic nitrogens is 1. The van der Waals surface area contributed by atoms with E-state index < -0.39 is 5.91 Å². The smallest absolute Gasteiger partial charge is 0.252 e. The van der Waals surface area contributed by atoms with Crippen LogP contribution in [0.5, 0.6) is 0 Å². The van der Waals surface area contributed by atoms with Crippen molar-refractivity contribution in [2.75, 3.05) is 5.32 Å². The maximum absolute atomic E-state index is 11.0. The minimum atomic E-state index is -0.436. The quantitative estimate of drug-likeness (QED) is 0.749. The average Bonchev–Trinajstić information content (AvgIpc) is 2.82. The Balaban J connectivity index is 2.19. The van der Waals surface area contributed by atoms with Crippen LogP contribution in [0.1, 0.15) is 23.7 Å². The van der Waals surface area contributed by atoms with Crippen LogP contribution in [-0.4, -0.2) is 16.9 Å². The maximum Gasteiger partial charge on any atom is 0.252 e. The normalized spacial score (nSPS) is 24.4. The zero-order valence-corrected chi connectivity index (χ0v) is 8.03. The molecule has 0 saturated heterocycles. The number of anilines is 1. The third-order valence-corrected chi connectivity index (χ3v) is 2.50. The number of rotatable bonds is 3. The lowest BCUT2D eigenvalue weighted by Gasteiger charge is -2.07. The van der Waals surface area contributed by atoms with Gasteiger partial charge < -0.3 is 11.1 Å². The van der Waals surface area contributed by atoms with Gasteiger partial charge in [-0.25, -0.2) is 4.98 Å². The van der Waals surface area contributed by atoms with Gasteiger partial charge in [-0.1, -0.05) is 6.92 Å². The van der Waals surface area contributed by atoms with Crippen molar-refractivity contribution in [2.45, 2.75) is 19.4 Å². The van der Waals surface area contributed by atoms with Crippen LogP contribution in [0, 0.1) is 5.92 Å². The van der Waals surface area contributed by atoms with Crippen LogP contribution in [0.15, 0.2) is 18.3 Å². The van der Waals surface area contributed by atoms with Gasteiger partial charge in [0.25, 0.3) is 5.91 Å². The molecule has 0 radical (unpaired) electrons. The van der Waals surface area contributed by atoms with Crippen molar-refractivity contribution in [1.29, 1.82) is 0 Å². The lowest BCUT2D eigenvalue weighted by molar-refractivity contribution is 0.100. The molecule has 3 N–H and O–H groups in total. The van der Waals surface area contributed by atoms with Crippen molar-refractivity contribution in [3.8, 4) is 0 Å². The highest BCUT2D eigenvalue weighted by molar-refractivity contribution is 5.97. The molecule has 1 fully saturated rings. The first-order chi connectivity index (χ1) is 6.68. The van der Waals surface area contributed by atoms with E-state index in [1.165, 1.54) is 0 Å². The van der Waals surface area contributed by atoms with Crippen LogP contribution in [-0.2, 0) is 0 Å². The Morgan fingerprint density at radius 3 is 3.00 bits per heavy atom. The summed E-state index contributed by atoms with van der Waals surface area (Å²) in [4.78, 5) is 15.1. The van der Waals surface area contributed by atoms with Crippen molar-refractivity contribution in [3.05, 3.63) is 23.9 Å². The summed E-state index contributed by atoms with van der Waals surface area (Å²) in [6, 6.07) is 3.84. The van der Waals surface area contributed by atoms with Gasteiger partial charge in [0.05, 0.1) is 5.56 Å². The fourth-order valence-electron chi connectivity index (χ4n) is 1.42. The van der Waals surface area contributed by atoms with Crippen LogP contribution in [0.2, 0.25) is 0 Å². The van der Waals surface area contributed by atoms with Gasteiger partial charge >= 0.3 is 0 Å². The molecule has 1 heterocycles. The first-order valence-electron chi connectivity index (χ1n) is 4.70. The van der Waals surface area contributed by atoms with E-state index in [2.05, 4.69) is 17.2 Å². The van der Waals surface area contributed by atoms with Crippen LogP contribution >= 0.6 is 0 Å². The molecule has 1 aliphatic rings. The molecule has 1 amide bonds. The van der Waals surface area contributed by atoms with Gasteiger partial charge in [0.2, 0.25) is 0 Å². The largest absolute Gasteiger partial charge is 0.366 e. The summed E-state index contributed by atoms with van der Waals surface area (Å²) >= 11 is 0. The van der Waals surface area contributed by atoms with Gasteiger partial charge in [0, 0.05) is 12.2 Å². The van der Waals surface area contributed by atoms with Gasteiger partial charge in [-0.3, -0.25) is 4.79 Å². The topological polar surface area (TPSA) is 68.0 Å². The molecule has 0 spiro atoms. The van der Waals surface area contributed by atoms with E-state index in [0.29, 0.717) is 23.3 Å². The number of primary amides is 1. The lowest BCUT2D eigenvalue weighted by Crippen LogP contribution is -2.16. The van der Waals surface area contributed by atoms with E-state index in [-0.39, 0.29) is 0 Å². The highest BCUT2D eigenvalue weighted by Crippen LogP contribution is 2.32. The number of pyridine rings is 1. The number of amides is 1. The minimum Gasteiger partial charge on any atom is -0.366 e. The molecule has 74 valence electrons. The van der Waals surface area contributed by atoms with E-state index in [0.717, 1.165) is 6.42 Å². The molecule has 0 unspecified atom stereocenters. The van der Waals surface area contributed by atoms with Crippen molar-refractivity contribution in [2.24, 2.45) is 11.7 Å². The molecule has 1 saturated carbocycles. The number of hydrogen-bond donors (Lipinski definition) is 2. The Hall–Kier alpha value is -1.58. The number of hydrogen-bond acceptors (Lipinski definition) is 3. The van der Waals surface area contributed by atoms with Gasteiger partial charge in [0.15, 0.2) is 0 Å². The van der Waals surface area contributed by atoms with Gasteiger partial charge in [-0.2, -0.15) is 0 Å². The van der Waals surface area contributed by atoms with Crippen LogP contribution in [0.3, 0.4) is 0 Å². The number of nitrogens with two attached hydrogens (primary N) is 1. The van der Waals surface area contributed by atoms with Gasteiger partial charge in [-0.15, -0.1) is 0 Å². The first kappa shape index (κ1) is 8.99. The standard InChI is InChI=1S/C10H13N3O/c1-6-5-8(6)13-10-7(9(11)14)3-2-4-12-10/h2-4,6,8H,5H2,1H3,(H2,11,14)(H,12,13)/t6-,8-/m1/s1. The molecule has 0 bridgehead atoms. The second kappa shape index (κ2) is 3.29. The van der Waals surface area contributed by atoms with Crippen LogP contribution in [0.4, 0.5) is 5.82 Å². The summed E-state index contributed by atoms with van der Waals surface area (Å²) in [5.41, 5.74) is 5.69. The SMILES string of the molecule is C[C@@H]1C[C@H]1Nc1ncccc1C(N)=O. The zero-order valence-electron chi connectivity index (χ0n) is 8.03. The molecular formula is C10H13N3O. The maximum atomic E-state index is 11.0. The molecule has 4 heteroatoms. The minimum absolute atomic E-state index is 0.436. The van der Waals surface area contributed by atoms with Gasteiger partial charge in [-0.05, 0) is 24.5 Å². The summed E-state index contributed by atoms with van der Waals surface area (Å²) in [6.45, 7) is 2.16. The third-order valence-electron chi connectivity index (χ3n) is 2.50. The molecular weight excluding hydrogens is 178 g/mol. The van der Waals surface area contributed by atoms with Gasteiger partial charge in [0.1, 0.15) is 5.82 Å².